The second-order valence-electron chi connectivity index (χ2n) is 6.79. The molecule has 1 fully saturated rings. The Labute approximate surface area is 171 Å². The van der Waals surface area contributed by atoms with Crippen molar-refractivity contribution in [3.63, 3.8) is 0 Å². The molecule has 0 bridgehead atoms. The molecule has 1 aliphatic heterocycles. The number of benzene rings is 2. The third-order valence-corrected chi connectivity index (χ3v) is 4.57. The van der Waals surface area contributed by atoms with E-state index < -0.39 is 12.0 Å². The summed E-state index contributed by atoms with van der Waals surface area (Å²) in [7, 11) is 0. The molecule has 0 unspecified atom stereocenters. The van der Waals surface area contributed by atoms with Gasteiger partial charge in [0.2, 0.25) is 11.7 Å². The van der Waals surface area contributed by atoms with Crippen LogP contribution in [-0.2, 0) is 22.7 Å². The number of ether oxygens (including phenoxy) is 1. The molecule has 2 aromatic carbocycles. The Morgan fingerprint density at radius 3 is 2.53 bits per heavy atom. The van der Waals surface area contributed by atoms with Gasteiger partial charge in [-0.15, -0.1) is 0 Å². The van der Waals surface area contributed by atoms with E-state index in [1.165, 1.54) is 0 Å². The molecule has 3 aromatic rings. The fraction of sp³-hybridized carbons (Fsp3) is 0.190. The zero-order valence-corrected chi connectivity index (χ0v) is 16.1. The van der Waals surface area contributed by atoms with Crippen LogP contribution in [0.1, 0.15) is 27.4 Å². The van der Waals surface area contributed by atoms with E-state index in [4.69, 9.17) is 9.26 Å². The Balaban J connectivity index is 1.33. The van der Waals surface area contributed by atoms with Gasteiger partial charge >= 0.3 is 12.0 Å². The average Bonchev–Trinajstić information content (AvgIpc) is 3.35. The number of rotatable bonds is 6. The molecular formula is C21H18N4O5. The van der Waals surface area contributed by atoms with Gasteiger partial charge < -0.3 is 14.6 Å². The molecule has 1 saturated heterocycles. The minimum Gasteiger partial charge on any atom is -0.452 e. The van der Waals surface area contributed by atoms with Gasteiger partial charge in [0.1, 0.15) is 0 Å². The normalized spacial score (nSPS) is 13.4. The van der Waals surface area contributed by atoms with Gasteiger partial charge in [-0.2, -0.15) is 4.98 Å². The predicted molar refractivity (Wildman–Crippen MR) is 104 cm³/mol. The minimum absolute atomic E-state index is 0.00451. The molecule has 4 rings (SSSR count). The maximum atomic E-state index is 12.3. The van der Waals surface area contributed by atoms with E-state index in [-0.39, 0.29) is 31.5 Å². The Bertz CT molecular complexity index is 1070. The molecule has 0 saturated carbocycles. The second kappa shape index (κ2) is 8.16. The standard InChI is InChI=1S/C21H18N4O5/c1-13-2-6-15(7-3-13)19-23-17(30-24-19)12-29-20(27)16-8-4-14(5-9-16)11-25-18(26)10-22-21(25)28/h2-9H,10-12H2,1H3,(H,22,28). The van der Waals surface area contributed by atoms with Crippen LogP contribution in [0.2, 0.25) is 0 Å². The number of hydrogen-bond donors (Lipinski definition) is 1. The number of imide groups is 1. The topological polar surface area (TPSA) is 115 Å². The van der Waals surface area contributed by atoms with Gasteiger partial charge in [0.15, 0.2) is 6.61 Å². The number of hydrogen-bond acceptors (Lipinski definition) is 7. The van der Waals surface area contributed by atoms with Crippen LogP contribution in [0.5, 0.6) is 0 Å². The lowest BCUT2D eigenvalue weighted by atomic mass is 10.1. The molecule has 0 radical (unpaired) electrons. The molecule has 9 nitrogen and oxygen atoms in total. The van der Waals surface area contributed by atoms with Crippen LogP contribution >= 0.6 is 0 Å². The third kappa shape index (κ3) is 4.19. The molecule has 0 aliphatic carbocycles. The molecule has 30 heavy (non-hydrogen) atoms. The molecule has 1 aromatic heterocycles. The first kappa shape index (κ1) is 19.3. The van der Waals surface area contributed by atoms with Gasteiger partial charge in [-0.05, 0) is 24.6 Å². The van der Waals surface area contributed by atoms with Crippen LogP contribution in [0, 0.1) is 6.92 Å². The smallest absolute Gasteiger partial charge is 0.338 e. The molecule has 2 heterocycles. The van der Waals surface area contributed by atoms with E-state index in [9.17, 15) is 14.4 Å². The number of carbonyl (C=O) groups excluding carboxylic acids is 3. The summed E-state index contributed by atoms with van der Waals surface area (Å²) in [5.41, 5.74) is 2.98. The lowest BCUT2D eigenvalue weighted by molar-refractivity contribution is -0.125. The van der Waals surface area contributed by atoms with Crippen molar-refractivity contribution in [1.29, 1.82) is 0 Å². The number of amides is 3. The molecule has 152 valence electrons. The lowest BCUT2D eigenvalue weighted by Crippen LogP contribution is -2.30. The summed E-state index contributed by atoms with van der Waals surface area (Å²) in [5, 5.41) is 6.36. The fourth-order valence-corrected chi connectivity index (χ4v) is 2.89. The summed E-state index contributed by atoms with van der Waals surface area (Å²) in [6, 6.07) is 13.7. The number of urea groups is 1. The van der Waals surface area contributed by atoms with Gasteiger partial charge in [-0.25, -0.2) is 9.59 Å². The number of aromatic nitrogens is 2. The number of esters is 1. The van der Waals surface area contributed by atoms with Crippen molar-refractivity contribution in [3.05, 3.63) is 71.1 Å². The van der Waals surface area contributed by atoms with E-state index in [0.717, 1.165) is 21.6 Å². The highest BCUT2D eigenvalue weighted by Crippen LogP contribution is 2.17. The van der Waals surface area contributed by atoms with E-state index >= 15 is 0 Å². The van der Waals surface area contributed by atoms with Crippen molar-refractivity contribution in [3.8, 4) is 11.4 Å². The largest absolute Gasteiger partial charge is 0.452 e. The van der Waals surface area contributed by atoms with Crippen molar-refractivity contribution >= 4 is 17.9 Å². The zero-order chi connectivity index (χ0) is 21.1. The summed E-state index contributed by atoms with van der Waals surface area (Å²) >= 11 is 0. The molecule has 1 N–H and O–H groups in total. The number of carbonyl (C=O) groups is 3. The molecule has 3 amide bonds. The highest BCUT2D eigenvalue weighted by Gasteiger charge is 2.28. The van der Waals surface area contributed by atoms with Gasteiger partial charge in [0.05, 0.1) is 18.7 Å². The minimum atomic E-state index is -0.549. The van der Waals surface area contributed by atoms with Crippen LogP contribution in [0.4, 0.5) is 4.79 Å². The van der Waals surface area contributed by atoms with E-state index in [2.05, 4.69) is 15.5 Å². The number of nitrogens with one attached hydrogen (secondary N) is 1. The zero-order valence-electron chi connectivity index (χ0n) is 16.1. The van der Waals surface area contributed by atoms with Crippen LogP contribution in [-0.4, -0.2) is 39.5 Å². The van der Waals surface area contributed by atoms with Crippen molar-refractivity contribution in [2.45, 2.75) is 20.1 Å². The summed E-state index contributed by atoms with van der Waals surface area (Å²) in [6.45, 7) is 1.98. The summed E-state index contributed by atoms with van der Waals surface area (Å²) in [6.07, 6.45) is 0. The monoisotopic (exact) mass is 406 g/mol. The van der Waals surface area contributed by atoms with Crippen molar-refractivity contribution in [2.75, 3.05) is 6.54 Å². The van der Waals surface area contributed by atoms with Crippen LogP contribution in [0.15, 0.2) is 53.1 Å². The first-order valence-corrected chi connectivity index (χ1v) is 9.23. The van der Waals surface area contributed by atoms with E-state index in [1.807, 2.05) is 31.2 Å². The van der Waals surface area contributed by atoms with Gasteiger partial charge in [-0.1, -0.05) is 47.1 Å². The van der Waals surface area contributed by atoms with Crippen LogP contribution < -0.4 is 5.32 Å². The summed E-state index contributed by atoms with van der Waals surface area (Å²) < 4.78 is 10.4. The van der Waals surface area contributed by atoms with Crippen molar-refractivity contribution in [1.82, 2.24) is 20.4 Å². The second-order valence-corrected chi connectivity index (χ2v) is 6.79. The molecule has 0 spiro atoms. The Morgan fingerprint density at radius 2 is 1.87 bits per heavy atom. The maximum Gasteiger partial charge on any atom is 0.338 e. The summed E-state index contributed by atoms with van der Waals surface area (Å²) in [4.78, 5) is 40.8. The maximum absolute atomic E-state index is 12.3. The molecule has 0 atom stereocenters. The van der Waals surface area contributed by atoms with Crippen LogP contribution in [0.3, 0.4) is 0 Å². The van der Waals surface area contributed by atoms with Crippen molar-refractivity contribution < 1.29 is 23.6 Å². The third-order valence-electron chi connectivity index (χ3n) is 4.57. The van der Waals surface area contributed by atoms with Gasteiger partial charge in [-0.3, -0.25) is 9.69 Å². The lowest BCUT2D eigenvalue weighted by Gasteiger charge is -2.12. The number of nitrogens with zero attached hydrogens (tertiary/aromatic N) is 3. The molecule has 9 heteroatoms. The van der Waals surface area contributed by atoms with Crippen LogP contribution in [0.25, 0.3) is 11.4 Å². The Morgan fingerprint density at radius 1 is 1.13 bits per heavy atom. The summed E-state index contributed by atoms with van der Waals surface area (Å²) in [5.74, 6) is -0.223. The van der Waals surface area contributed by atoms with E-state index in [1.54, 1.807) is 24.3 Å². The average molecular weight is 406 g/mol. The Hall–Kier alpha value is -4.01. The first-order valence-electron chi connectivity index (χ1n) is 9.23. The highest BCUT2D eigenvalue weighted by atomic mass is 16.6. The molecular weight excluding hydrogens is 388 g/mol. The number of aryl methyl sites for hydroxylation is 1. The van der Waals surface area contributed by atoms with Gasteiger partial charge in [0.25, 0.3) is 5.89 Å². The predicted octanol–water partition coefficient (Wildman–Crippen LogP) is 2.45. The first-order chi connectivity index (χ1) is 14.5. The van der Waals surface area contributed by atoms with Crippen molar-refractivity contribution in [2.24, 2.45) is 0 Å². The SMILES string of the molecule is Cc1ccc(-c2noc(COC(=O)c3ccc(CN4C(=O)CNC4=O)cc3)n2)cc1. The fourth-order valence-electron chi connectivity index (χ4n) is 2.89. The molecule has 1 aliphatic rings. The highest BCUT2D eigenvalue weighted by molar-refractivity contribution is 6.01. The Kier molecular flexibility index (Phi) is 5.25. The van der Waals surface area contributed by atoms with E-state index in [0.29, 0.717) is 11.4 Å². The quantitative estimate of drug-likeness (QED) is 0.494. The van der Waals surface area contributed by atoms with Gasteiger partial charge in [0, 0.05) is 5.56 Å².